The van der Waals surface area contributed by atoms with Gasteiger partial charge in [-0.2, -0.15) is 5.26 Å². The van der Waals surface area contributed by atoms with E-state index in [0.29, 0.717) is 0 Å². The highest BCUT2D eigenvalue weighted by Gasteiger charge is 2.23. The highest BCUT2D eigenvalue weighted by molar-refractivity contribution is 5.51. The Balaban J connectivity index is 2.13. The summed E-state index contributed by atoms with van der Waals surface area (Å²) in [5, 5.41) is 8.84. The lowest BCUT2D eigenvalue weighted by Crippen LogP contribution is -2.25. The minimum atomic E-state index is 0.752. The zero-order chi connectivity index (χ0) is 10.7. The summed E-state index contributed by atoms with van der Waals surface area (Å²) in [6.07, 6.45) is 2.74. The fourth-order valence-corrected chi connectivity index (χ4v) is 1.80. The molecule has 15 heavy (non-hydrogen) atoms. The summed E-state index contributed by atoms with van der Waals surface area (Å²) >= 11 is 0. The molecule has 1 aliphatic rings. The van der Waals surface area contributed by atoms with Gasteiger partial charge in [-0.1, -0.05) is 6.07 Å². The third kappa shape index (κ3) is 2.50. The van der Waals surface area contributed by atoms with Gasteiger partial charge in [-0.25, -0.2) is 0 Å². The van der Waals surface area contributed by atoms with Gasteiger partial charge in [0.25, 0.3) is 0 Å². The molecular weight excluding hydrogens is 184 g/mol. The highest BCUT2D eigenvalue weighted by atomic mass is 15.1. The molecule has 0 spiro atoms. The topological polar surface area (TPSA) is 27.0 Å². The van der Waals surface area contributed by atoms with Crippen molar-refractivity contribution in [1.29, 1.82) is 5.26 Å². The third-order valence-corrected chi connectivity index (χ3v) is 2.90. The van der Waals surface area contributed by atoms with Gasteiger partial charge in [0.05, 0.1) is 11.6 Å². The minimum Gasteiger partial charge on any atom is -0.371 e. The van der Waals surface area contributed by atoms with E-state index in [1.165, 1.54) is 18.5 Å². The molecule has 1 saturated carbocycles. The van der Waals surface area contributed by atoms with Gasteiger partial charge in [0.2, 0.25) is 0 Å². The van der Waals surface area contributed by atoms with Gasteiger partial charge < -0.3 is 4.90 Å². The third-order valence-electron chi connectivity index (χ3n) is 2.90. The van der Waals surface area contributed by atoms with Crippen molar-refractivity contribution in [1.82, 2.24) is 0 Å². The lowest BCUT2D eigenvalue weighted by molar-refractivity contribution is 0.742. The molecule has 0 aliphatic heterocycles. The van der Waals surface area contributed by atoms with Crippen LogP contribution in [0.4, 0.5) is 5.69 Å². The summed E-state index contributed by atoms with van der Waals surface area (Å²) in [6, 6.07) is 10.1. The second kappa shape index (κ2) is 4.35. The van der Waals surface area contributed by atoms with Gasteiger partial charge in [0.1, 0.15) is 0 Å². The van der Waals surface area contributed by atoms with Crippen LogP contribution in [-0.4, -0.2) is 13.1 Å². The summed E-state index contributed by atoms with van der Waals surface area (Å²) in [5.41, 5.74) is 1.94. The van der Waals surface area contributed by atoms with Crippen molar-refractivity contribution in [3.05, 3.63) is 29.8 Å². The van der Waals surface area contributed by atoms with Gasteiger partial charge in [-0.15, -0.1) is 0 Å². The quantitative estimate of drug-likeness (QED) is 0.747. The van der Waals surface area contributed by atoms with E-state index < -0.39 is 0 Å². The predicted octanol–water partition coefficient (Wildman–Crippen LogP) is 2.79. The first-order valence-corrected chi connectivity index (χ1v) is 5.58. The number of hydrogen-bond acceptors (Lipinski definition) is 2. The van der Waals surface area contributed by atoms with Crippen molar-refractivity contribution in [2.24, 2.45) is 5.92 Å². The van der Waals surface area contributed by atoms with Crippen LogP contribution in [0.3, 0.4) is 0 Å². The van der Waals surface area contributed by atoms with E-state index in [1.807, 2.05) is 18.2 Å². The Morgan fingerprint density at radius 1 is 1.47 bits per heavy atom. The smallest absolute Gasteiger partial charge is 0.0992 e. The highest BCUT2D eigenvalue weighted by Crippen LogP contribution is 2.31. The van der Waals surface area contributed by atoms with Gasteiger partial charge in [0, 0.05) is 18.8 Å². The Morgan fingerprint density at radius 2 is 2.27 bits per heavy atom. The molecule has 2 heteroatoms. The SMILES string of the molecule is CCN(CC1CC1)c1cccc(C#N)c1. The summed E-state index contributed by atoms with van der Waals surface area (Å²) in [6.45, 7) is 4.33. The van der Waals surface area contributed by atoms with Gasteiger partial charge >= 0.3 is 0 Å². The number of nitriles is 1. The van der Waals surface area contributed by atoms with Crippen LogP contribution in [0.2, 0.25) is 0 Å². The van der Waals surface area contributed by atoms with E-state index in [4.69, 9.17) is 5.26 Å². The van der Waals surface area contributed by atoms with Crippen LogP contribution in [0, 0.1) is 17.2 Å². The van der Waals surface area contributed by atoms with E-state index in [2.05, 4.69) is 24.0 Å². The van der Waals surface area contributed by atoms with Crippen LogP contribution in [0.25, 0.3) is 0 Å². The average molecular weight is 200 g/mol. The van der Waals surface area contributed by atoms with Crippen molar-refractivity contribution in [2.45, 2.75) is 19.8 Å². The summed E-state index contributed by atoms with van der Waals surface area (Å²) in [5.74, 6) is 0.885. The largest absolute Gasteiger partial charge is 0.371 e. The maximum Gasteiger partial charge on any atom is 0.0992 e. The van der Waals surface area contributed by atoms with Crippen LogP contribution >= 0.6 is 0 Å². The molecule has 2 rings (SSSR count). The maximum atomic E-state index is 8.84. The molecular formula is C13H16N2. The van der Waals surface area contributed by atoms with E-state index in [9.17, 15) is 0 Å². The van der Waals surface area contributed by atoms with Crippen LogP contribution in [0.5, 0.6) is 0 Å². The van der Waals surface area contributed by atoms with Gasteiger partial charge in [0.15, 0.2) is 0 Å². The molecule has 0 bridgehead atoms. The molecule has 78 valence electrons. The zero-order valence-corrected chi connectivity index (χ0v) is 9.11. The molecule has 2 nitrogen and oxygen atoms in total. The fraction of sp³-hybridized carbons (Fsp3) is 0.462. The van der Waals surface area contributed by atoms with Crippen molar-refractivity contribution in [3.8, 4) is 6.07 Å². The van der Waals surface area contributed by atoms with E-state index in [0.717, 1.165) is 24.6 Å². The lowest BCUT2D eigenvalue weighted by Gasteiger charge is -2.23. The predicted molar refractivity (Wildman–Crippen MR) is 61.8 cm³/mol. The van der Waals surface area contributed by atoms with Crippen molar-refractivity contribution >= 4 is 5.69 Å². The summed E-state index contributed by atoms with van der Waals surface area (Å²) < 4.78 is 0. The standard InChI is InChI=1S/C13H16N2/c1-2-15(10-11-6-7-11)13-5-3-4-12(8-13)9-14/h3-5,8,11H,2,6-7,10H2,1H3. The van der Waals surface area contributed by atoms with Crippen LogP contribution in [0.1, 0.15) is 25.3 Å². The Labute approximate surface area is 91.1 Å². The number of anilines is 1. The van der Waals surface area contributed by atoms with Gasteiger partial charge in [-0.05, 0) is 43.9 Å². The molecule has 1 fully saturated rings. The monoisotopic (exact) mass is 200 g/mol. The molecule has 0 atom stereocenters. The summed E-state index contributed by atoms with van der Waals surface area (Å²) in [7, 11) is 0. The molecule has 1 aliphatic carbocycles. The first-order valence-electron chi connectivity index (χ1n) is 5.58. The molecule has 1 aromatic rings. The van der Waals surface area contributed by atoms with Crippen LogP contribution < -0.4 is 4.90 Å². The Bertz CT molecular complexity index is 374. The van der Waals surface area contributed by atoms with Crippen molar-refractivity contribution in [2.75, 3.05) is 18.0 Å². The molecule has 0 radical (unpaired) electrons. The summed E-state index contributed by atoms with van der Waals surface area (Å²) in [4.78, 5) is 2.36. The Kier molecular flexibility index (Phi) is 2.91. The first-order chi connectivity index (χ1) is 7.33. The molecule has 0 aromatic heterocycles. The Hall–Kier alpha value is -1.49. The van der Waals surface area contributed by atoms with Gasteiger partial charge in [-0.3, -0.25) is 0 Å². The van der Waals surface area contributed by atoms with Crippen LogP contribution in [0.15, 0.2) is 24.3 Å². The Morgan fingerprint density at radius 3 is 2.87 bits per heavy atom. The molecule has 0 unspecified atom stereocenters. The maximum absolute atomic E-state index is 8.84. The zero-order valence-electron chi connectivity index (χ0n) is 9.11. The number of benzene rings is 1. The van der Waals surface area contributed by atoms with Crippen molar-refractivity contribution in [3.63, 3.8) is 0 Å². The minimum absolute atomic E-state index is 0.752. The normalized spacial score (nSPS) is 14.7. The molecule has 0 heterocycles. The van der Waals surface area contributed by atoms with E-state index >= 15 is 0 Å². The lowest BCUT2D eigenvalue weighted by atomic mass is 10.2. The van der Waals surface area contributed by atoms with Crippen LogP contribution in [-0.2, 0) is 0 Å². The molecule has 0 saturated heterocycles. The van der Waals surface area contributed by atoms with E-state index in [-0.39, 0.29) is 0 Å². The number of rotatable bonds is 4. The second-order valence-corrected chi connectivity index (χ2v) is 4.14. The molecule has 1 aromatic carbocycles. The first kappa shape index (κ1) is 10.0. The second-order valence-electron chi connectivity index (χ2n) is 4.14. The van der Waals surface area contributed by atoms with Crippen molar-refractivity contribution < 1.29 is 0 Å². The number of hydrogen-bond donors (Lipinski definition) is 0. The number of nitrogens with zero attached hydrogens (tertiary/aromatic N) is 2. The molecule has 0 N–H and O–H groups in total. The average Bonchev–Trinajstić information content (AvgIpc) is 3.10. The van der Waals surface area contributed by atoms with E-state index in [1.54, 1.807) is 0 Å². The fourth-order valence-electron chi connectivity index (χ4n) is 1.80. The molecule has 0 amide bonds.